The van der Waals surface area contributed by atoms with Gasteiger partial charge in [0.1, 0.15) is 12.0 Å². The van der Waals surface area contributed by atoms with Crippen molar-refractivity contribution in [2.24, 2.45) is 0 Å². The average Bonchev–Trinajstić information content (AvgIpc) is 2.69. The molecule has 16 heavy (non-hydrogen) atoms. The molecule has 0 radical (unpaired) electrons. The number of carbonyl (C=O) groups excluding carboxylic acids is 2. The summed E-state index contributed by atoms with van der Waals surface area (Å²) in [7, 11) is 1.31. The lowest BCUT2D eigenvalue weighted by molar-refractivity contribution is 0.0593. The van der Waals surface area contributed by atoms with Crippen LogP contribution >= 0.6 is 0 Å². The molecule has 0 spiro atoms. The maximum atomic E-state index is 11.4. The quantitative estimate of drug-likeness (QED) is 0.561. The van der Waals surface area contributed by atoms with Crippen LogP contribution in [0.2, 0.25) is 0 Å². The second-order valence-corrected chi connectivity index (χ2v) is 4.01. The molecule has 4 heteroatoms. The number of hydrogen-bond donors (Lipinski definition) is 0. The minimum Gasteiger partial charge on any atom is -0.464 e. The molecule has 1 unspecified atom stereocenters. The van der Waals surface area contributed by atoms with Crippen molar-refractivity contribution in [2.45, 2.75) is 25.7 Å². The fourth-order valence-corrected chi connectivity index (χ4v) is 2.10. The summed E-state index contributed by atoms with van der Waals surface area (Å²) in [5.41, 5.74) is 2.63. The van der Waals surface area contributed by atoms with E-state index in [1.54, 1.807) is 0 Å². The van der Waals surface area contributed by atoms with E-state index in [2.05, 4.69) is 16.6 Å². The maximum Gasteiger partial charge on any atom is 0.356 e. The van der Waals surface area contributed by atoms with Gasteiger partial charge in [-0.3, -0.25) is 4.79 Å². The van der Waals surface area contributed by atoms with Crippen LogP contribution in [0.15, 0.2) is 6.07 Å². The first-order chi connectivity index (χ1) is 7.67. The summed E-state index contributed by atoms with van der Waals surface area (Å²) in [5.74, 6) is -0.191. The Labute approximate surface area is 93.6 Å². The number of pyridine rings is 1. The molecular weight excluding hydrogens is 206 g/mol. The van der Waals surface area contributed by atoms with E-state index in [0.717, 1.165) is 30.4 Å². The zero-order valence-corrected chi connectivity index (χ0v) is 9.32. The Morgan fingerprint density at radius 1 is 1.62 bits per heavy atom. The van der Waals surface area contributed by atoms with Crippen molar-refractivity contribution in [3.63, 3.8) is 0 Å². The Morgan fingerprint density at radius 2 is 2.38 bits per heavy atom. The zero-order valence-electron chi connectivity index (χ0n) is 9.32. The topological polar surface area (TPSA) is 56.3 Å². The summed E-state index contributed by atoms with van der Waals surface area (Å²) in [6.45, 7) is 2.05. The number of hydrogen-bond acceptors (Lipinski definition) is 4. The van der Waals surface area contributed by atoms with Gasteiger partial charge in [0.15, 0.2) is 0 Å². The van der Waals surface area contributed by atoms with Crippen LogP contribution in [-0.2, 0) is 11.2 Å². The lowest BCUT2D eigenvalue weighted by Crippen LogP contribution is -2.09. The number of rotatable bonds is 2. The Balaban J connectivity index is 2.56. The molecule has 1 aromatic heterocycles. The van der Waals surface area contributed by atoms with Crippen molar-refractivity contribution in [2.75, 3.05) is 7.11 Å². The minimum atomic E-state index is -0.495. The third-order valence-corrected chi connectivity index (χ3v) is 3.01. The van der Waals surface area contributed by atoms with Gasteiger partial charge in [0.2, 0.25) is 0 Å². The lowest BCUT2D eigenvalue weighted by atomic mass is 10.1. The van der Waals surface area contributed by atoms with E-state index in [0.29, 0.717) is 11.5 Å². The largest absolute Gasteiger partial charge is 0.464 e. The fourth-order valence-electron chi connectivity index (χ4n) is 2.10. The molecule has 1 aromatic rings. The van der Waals surface area contributed by atoms with Gasteiger partial charge in [-0.2, -0.15) is 0 Å². The highest BCUT2D eigenvalue weighted by molar-refractivity contribution is 5.90. The van der Waals surface area contributed by atoms with Crippen LogP contribution in [0.25, 0.3) is 0 Å². The van der Waals surface area contributed by atoms with Crippen molar-refractivity contribution in [3.05, 3.63) is 28.6 Å². The molecule has 1 aliphatic rings. The molecule has 4 nitrogen and oxygen atoms in total. The van der Waals surface area contributed by atoms with Gasteiger partial charge in [-0.05, 0) is 30.4 Å². The van der Waals surface area contributed by atoms with Crippen molar-refractivity contribution in [1.82, 2.24) is 4.98 Å². The Hall–Kier alpha value is -1.71. The highest BCUT2D eigenvalue weighted by Gasteiger charge is 2.25. The molecule has 0 bridgehead atoms. The number of fused-ring (bicyclic) bond motifs is 1. The normalized spacial score (nSPS) is 18.0. The summed E-state index contributed by atoms with van der Waals surface area (Å²) < 4.78 is 4.61. The molecule has 0 saturated carbocycles. The first-order valence-corrected chi connectivity index (χ1v) is 5.24. The molecule has 0 N–H and O–H groups in total. The van der Waals surface area contributed by atoms with Gasteiger partial charge in [0, 0.05) is 11.3 Å². The molecule has 0 amide bonds. The van der Waals surface area contributed by atoms with Crippen molar-refractivity contribution in [3.8, 4) is 0 Å². The predicted octanol–water partition coefficient (Wildman–Crippen LogP) is 1.73. The lowest BCUT2D eigenvalue weighted by Gasteiger charge is -2.07. The van der Waals surface area contributed by atoms with Gasteiger partial charge in [-0.15, -0.1) is 0 Å². The second-order valence-electron chi connectivity index (χ2n) is 4.01. The first kappa shape index (κ1) is 10.8. The Kier molecular flexibility index (Phi) is 2.73. The molecule has 2 rings (SSSR count). The van der Waals surface area contributed by atoms with E-state index < -0.39 is 5.97 Å². The second kappa shape index (κ2) is 4.04. The van der Waals surface area contributed by atoms with Gasteiger partial charge in [-0.1, -0.05) is 6.92 Å². The predicted molar refractivity (Wildman–Crippen MR) is 57.7 cm³/mol. The van der Waals surface area contributed by atoms with Crippen molar-refractivity contribution in [1.29, 1.82) is 0 Å². The van der Waals surface area contributed by atoms with Crippen LogP contribution in [0, 0.1) is 0 Å². The van der Waals surface area contributed by atoms with Gasteiger partial charge in [0.05, 0.1) is 7.11 Å². The Morgan fingerprint density at radius 3 is 3.00 bits per heavy atom. The standard InChI is InChI=1S/C12H13NO3/c1-7-3-4-9-8(6-14)5-10(12(15)16-2)13-11(7)9/h5-7H,3-4H2,1-2H3. The van der Waals surface area contributed by atoms with E-state index in [-0.39, 0.29) is 5.69 Å². The molecule has 1 atom stereocenters. The average molecular weight is 219 g/mol. The van der Waals surface area contributed by atoms with Crippen LogP contribution in [0.3, 0.4) is 0 Å². The molecule has 0 saturated heterocycles. The third kappa shape index (κ3) is 1.60. The van der Waals surface area contributed by atoms with Crippen LogP contribution in [0.4, 0.5) is 0 Å². The first-order valence-electron chi connectivity index (χ1n) is 5.24. The van der Waals surface area contributed by atoms with Gasteiger partial charge in [0.25, 0.3) is 0 Å². The molecule has 0 aromatic carbocycles. The smallest absolute Gasteiger partial charge is 0.356 e. The van der Waals surface area contributed by atoms with Crippen LogP contribution in [0.5, 0.6) is 0 Å². The minimum absolute atomic E-state index is 0.220. The summed E-state index contributed by atoms with van der Waals surface area (Å²) in [6.07, 6.45) is 2.62. The zero-order chi connectivity index (χ0) is 11.7. The molecule has 1 heterocycles. The number of aldehydes is 1. The fraction of sp³-hybridized carbons (Fsp3) is 0.417. The van der Waals surface area contributed by atoms with E-state index in [1.807, 2.05) is 0 Å². The summed E-state index contributed by atoms with van der Waals surface area (Å²) >= 11 is 0. The number of nitrogens with zero attached hydrogens (tertiary/aromatic N) is 1. The van der Waals surface area contributed by atoms with E-state index >= 15 is 0 Å². The van der Waals surface area contributed by atoms with Gasteiger partial charge in [-0.25, -0.2) is 9.78 Å². The number of ether oxygens (including phenoxy) is 1. The summed E-state index contributed by atoms with van der Waals surface area (Å²) in [4.78, 5) is 26.6. The maximum absolute atomic E-state index is 11.4. The number of carbonyl (C=O) groups is 2. The SMILES string of the molecule is COC(=O)c1cc(C=O)c2c(n1)C(C)CC2. The van der Waals surface area contributed by atoms with Crippen LogP contribution in [0.1, 0.15) is 51.4 Å². The third-order valence-electron chi connectivity index (χ3n) is 3.01. The van der Waals surface area contributed by atoms with Crippen molar-refractivity contribution >= 4 is 12.3 Å². The molecular formula is C12H13NO3. The summed E-state index contributed by atoms with van der Waals surface area (Å²) in [5, 5.41) is 0. The number of esters is 1. The number of aromatic nitrogens is 1. The molecule has 0 aliphatic heterocycles. The van der Waals surface area contributed by atoms with Crippen molar-refractivity contribution < 1.29 is 14.3 Å². The molecule has 1 aliphatic carbocycles. The highest BCUT2D eigenvalue weighted by Crippen LogP contribution is 2.33. The van der Waals surface area contributed by atoms with Gasteiger partial charge < -0.3 is 4.74 Å². The van der Waals surface area contributed by atoms with Crippen LogP contribution < -0.4 is 0 Å². The Bertz CT molecular complexity index is 454. The monoisotopic (exact) mass is 219 g/mol. The van der Waals surface area contributed by atoms with E-state index in [9.17, 15) is 9.59 Å². The highest BCUT2D eigenvalue weighted by atomic mass is 16.5. The van der Waals surface area contributed by atoms with Gasteiger partial charge >= 0.3 is 5.97 Å². The van der Waals surface area contributed by atoms with E-state index in [1.165, 1.54) is 13.2 Å². The summed E-state index contributed by atoms with van der Waals surface area (Å²) in [6, 6.07) is 1.51. The van der Waals surface area contributed by atoms with Crippen LogP contribution in [-0.4, -0.2) is 24.3 Å². The molecule has 0 fully saturated rings. The molecule has 84 valence electrons. The van der Waals surface area contributed by atoms with E-state index in [4.69, 9.17) is 0 Å². The number of methoxy groups -OCH3 is 1.